The zero-order chi connectivity index (χ0) is 16.2. The van der Waals surface area contributed by atoms with Crippen LogP contribution in [0.1, 0.15) is 16.5 Å². The fourth-order valence-electron chi connectivity index (χ4n) is 2.64. The van der Waals surface area contributed by atoms with Crippen molar-refractivity contribution >= 4 is 17.7 Å². The molecule has 0 aromatic heterocycles. The van der Waals surface area contributed by atoms with Gasteiger partial charge in [-0.25, -0.2) is 0 Å². The first-order valence-corrected chi connectivity index (χ1v) is 8.44. The number of benzene rings is 2. The first kappa shape index (κ1) is 15.7. The second kappa shape index (κ2) is 6.96. The third-order valence-electron chi connectivity index (χ3n) is 3.86. The first-order valence-electron chi connectivity index (χ1n) is 7.39. The number of methoxy groups -OCH3 is 2. The number of hydrogen-bond donors (Lipinski definition) is 0. The van der Waals surface area contributed by atoms with Gasteiger partial charge in [0.2, 0.25) is 5.91 Å². The molecule has 0 saturated carbocycles. The minimum absolute atomic E-state index is 0.0413. The van der Waals surface area contributed by atoms with Crippen molar-refractivity contribution in [1.29, 1.82) is 0 Å². The number of carbonyl (C=O) groups is 1. The second-order valence-electron chi connectivity index (χ2n) is 5.31. The molecule has 2 aromatic rings. The van der Waals surface area contributed by atoms with Gasteiger partial charge in [-0.1, -0.05) is 24.3 Å². The van der Waals surface area contributed by atoms with E-state index in [-0.39, 0.29) is 11.3 Å². The maximum Gasteiger partial charge on any atom is 0.234 e. The van der Waals surface area contributed by atoms with Gasteiger partial charge in [-0.15, -0.1) is 11.8 Å². The summed E-state index contributed by atoms with van der Waals surface area (Å²) < 4.78 is 10.5. The summed E-state index contributed by atoms with van der Waals surface area (Å²) >= 11 is 1.66. The van der Waals surface area contributed by atoms with Crippen molar-refractivity contribution in [3.05, 3.63) is 59.7 Å². The Morgan fingerprint density at radius 2 is 1.83 bits per heavy atom. The molecule has 1 aliphatic heterocycles. The van der Waals surface area contributed by atoms with Crippen LogP contribution in [0.2, 0.25) is 0 Å². The Bertz CT molecular complexity index is 687. The monoisotopic (exact) mass is 329 g/mol. The van der Waals surface area contributed by atoms with Gasteiger partial charge in [-0.05, 0) is 35.4 Å². The Morgan fingerprint density at radius 1 is 1.09 bits per heavy atom. The van der Waals surface area contributed by atoms with Gasteiger partial charge in [-0.3, -0.25) is 4.79 Å². The molecule has 1 fully saturated rings. The fourth-order valence-corrected chi connectivity index (χ4v) is 3.83. The molecule has 0 aliphatic carbocycles. The third kappa shape index (κ3) is 3.45. The average Bonchev–Trinajstić information content (AvgIpc) is 2.96. The SMILES string of the molecule is COc1ccc([C@H]2SCC(=O)N2Cc2cccc(OC)c2)cc1. The summed E-state index contributed by atoms with van der Waals surface area (Å²) in [5.74, 6) is 2.31. The van der Waals surface area contributed by atoms with Crippen molar-refractivity contribution in [3.8, 4) is 11.5 Å². The van der Waals surface area contributed by atoms with E-state index in [0.717, 1.165) is 22.6 Å². The minimum Gasteiger partial charge on any atom is -0.497 e. The largest absolute Gasteiger partial charge is 0.497 e. The molecule has 0 bridgehead atoms. The van der Waals surface area contributed by atoms with E-state index in [1.807, 2.05) is 53.4 Å². The summed E-state index contributed by atoms with van der Waals surface area (Å²) in [5, 5.41) is 0.0413. The second-order valence-corrected chi connectivity index (χ2v) is 6.38. The Hall–Kier alpha value is -2.14. The van der Waals surface area contributed by atoms with Crippen molar-refractivity contribution in [3.63, 3.8) is 0 Å². The van der Waals surface area contributed by atoms with Gasteiger partial charge >= 0.3 is 0 Å². The van der Waals surface area contributed by atoms with Crippen LogP contribution in [0.15, 0.2) is 48.5 Å². The summed E-state index contributed by atoms with van der Waals surface area (Å²) in [7, 11) is 3.30. The van der Waals surface area contributed by atoms with Crippen LogP contribution in [0.25, 0.3) is 0 Å². The average molecular weight is 329 g/mol. The number of ether oxygens (including phenoxy) is 2. The molecular formula is C18H19NO3S. The van der Waals surface area contributed by atoms with E-state index in [4.69, 9.17) is 9.47 Å². The highest BCUT2D eigenvalue weighted by atomic mass is 32.2. The molecule has 0 N–H and O–H groups in total. The van der Waals surface area contributed by atoms with Crippen LogP contribution in [-0.2, 0) is 11.3 Å². The van der Waals surface area contributed by atoms with Crippen LogP contribution in [-0.4, -0.2) is 30.8 Å². The van der Waals surface area contributed by atoms with Crippen LogP contribution < -0.4 is 9.47 Å². The van der Waals surface area contributed by atoms with Gasteiger partial charge < -0.3 is 14.4 Å². The van der Waals surface area contributed by atoms with Crippen molar-refractivity contribution in [1.82, 2.24) is 4.90 Å². The summed E-state index contributed by atoms with van der Waals surface area (Å²) in [6, 6.07) is 15.8. The zero-order valence-corrected chi connectivity index (χ0v) is 14.0. The summed E-state index contributed by atoms with van der Waals surface area (Å²) in [6.07, 6.45) is 0. The van der Waals surface area contributed by atoms with Crippen LogP contribution in [0.3, 0.4) is 0 Å². The lowest BCUT2D eigenvalue weighted by Gasteiger charge is -2.24. The summed E-state index contributed by atoms with van der Waals surface area (Å²) in [4.78, 5) is 14.2. The van der Waals surface area contributed by atoms with Gasteiger partial charge in [0.15, 0.2) is 0 Å². The van der Waals surface area contributed by atoms with Crippen molar-refractivity contribution in [2.24, 2.45) is 0 Å². The predicted molar refractivity (Wildman–Crippen MR) is 91.7 cm³/mol. The van der Waals surface area contributed by atoms with Crippen LogP contribution in [0.5, 0.6) is 11.5 Å². The summed E-state index contributed by atoms with van der Waals surface area (Å²) in [6.45, 7) is 0.583. The molecule has 23 heavy (non-hydrogen) atoms. The van der Waals surface area contributed by atoms with Crippen molar-refractivity contribution in [2.75, 3.05) is 20.0 Å². The molecule has 1 saturated heterocycles. The highest BCUT2D eigenvalue weighted by Gasteiger charge is 2.32. The number of carbonyl (C=O) groups excluding carboxylic acids is 1. The highest BCUT2D eigenvalue weighted by Crippen LogP contribution is 2.40. The molecule has 1 aliphatic rings. The molecule has 5 heteroatoms. The van der Waals surface area contributed by atoms with E-state index in [0.29, 0.717) is 12.3 Å². The molecule has 4 nitrogen and oxygen atoms in total. The van der Waals surface area contributed by atoms with E-state index >= 15 is 0 Å². The van der Waals surface area contributed by atoms with Crippen molar-refractivity contribution in [2.45, 2.75) is 11.9 Å². The normalized spacial score (nSPS) is 17.4. The van der Waals surface area contributed by atoms with Crippen LogP contribution in [0, 0.1) is 0 Å². The molecular weight excluding hydrogens is 310 g/mol. The van der Waals surface area contributed by atoms with E-state index in [1.54, 1.807) is 26.0 Å². The maximum absolute atomic E-state index is 12.3. The van der Waals surface area contributed by atoms with Gasteiger partial charge in [0.1, 0.15) is 16.9 Å². The topological polar surface area (TPSA) is 38.8 Å². The molecule has 3 rings (SSSR count). The molecule has 1 atom stereocenters. The molecule has 120 valence electrons. The molecule has 1 heterocycles. The summed E-state index contributed by atoms with van der Waals surface area (Å²) in [5.41, 5.74) is 2.18. The number of amides is 1. The van der Waals surface area contributed by atoms with Crippen LogP contribution >= 0.6 is 11.8 Å². The van der Waals surface area contributed by atoms with E-state index in [9.17, 15) is 4.79 Å². The van der Waals surface area contributed by atoms with Gasteiger partial charge in [0.25, 0.3) is 0 Å². The maximum atomic E-state index is 12.3. The Labute approximate surface area is 140 Å². The Balaban J connectivity index is 1.81. The first-order chi connectivity index (χ1) is 11.2. The van der Waals surface area contributed by atoms with Crippen LogP contribution in [0.4, 0.5) is 0 Å². The number of thioether (sulfide) groups is 1. The molecule has 0 radical (unpaired) electrons. The molecule has 0 unspecified atom stereocenters. The smallest absolute Gasteiger partial charge is 0.234 e. The van der Waals surface area contributed by atoms with Gasteiger partial charge in [-0.2, -0.15) is 0 Å². The van der Waals surface area contributed by atoms with Crippen molar-refractivity contribution < 1.29 is 14.3 Å². The number of hydrogen-bond acceptors (Lipinski definition) is 4. The third-order valence-corrected chi connectivity index (χ3v) is 5.11. The molecule has 1 amide bonds. The predicted octanol–water partition coefficient (Wildman–Crippen LogP) is 3.48. The quantitative estimate of drug-likeness (QED) is 0.842. The molecule has 2 aromatic carbocycles. The van der Waals surface area contributed by atoms with E-state index in [2.05, 4.69) is 0 Å². The lowest BCUT2D eigenvalue weighted by molar-refractivity contribution is -0.128. The Morgan fingerprint density at radius 3 is 2.52 bits per heavy atom. The number of rotatable bonds is 5. The standard InChI is InChI=1S/C18H19NO3S/c1-21-15-8-6-14(7-9-15)18-19(17(20)12-23-18)11-13-4-3-5-16(10-13)22-2/h3-10,18H,11-12H2,1-2H3/t18-/m1/s1. The van der Waals surface area contributed by atoms with Gasteiger partial charge in [0.05, 0.1) is 20.0 Å². The number of nitrogens with zero attached hydrogens (tertiary/aromatic N) is 1. The highest BCUT2D eigenvalue weighted by molar-refractivity contribution is 8.00. The van der Waals surface area contributed by atoms with Gasteiger partial charge in [0, 0.05) is 6.54 Å². The lowest BCUT2D eigenvalue weighted by atomic mass is 10.1. The van der Waals surface area contributed by atoms with E-state index in [1.165, 1.54) is 0 Å². The lowest BCUT2D eigenvalue weighted by Crippen LogP contribution is -2.27. The zero-order valence-electron chi connectivity index (χ0n) is 13.2. The fraction of sp³-hybridized carbons (Fsp3) is 0.278. The van der Waals surface area contributed by atoms with E-state index < -0.39 is 0 Å². The molecule has 0 spiro atoms. The minimum atomic E-state index is 0.0413. The Kier molecular flexibility index (Phi) is 4.76.